The van der Waals surface area contributed by atoms with E-state index in [1.807, 2.05) is 0 Å². The van der Waals surface area contributed by atoms with Crippen molar-refractivity contribution in [3.05, 3.63) is 29.3 Å². The number of anilines is 1. The van der Waals surface area contributed by atoms with Crippen LogP contribution in [0.5, 0.6) is 0 Å². The van der Waals surface area contributed by atoms with E-state index in [0.717, 1.165) is 31.7 Å². The van der Waals surface area contributed by atoms with Crippen LogP contribution >= 0.6 is 0 Å². The summed E-state index contributed by atoms with van der Waals surface area (Å²) in [6, 6.07) is 2.73. The summed E-state index contributed by atoms with van der Waals surface area (Å²) in [5.41, 5.74) is -1.08. The normalized spacial score (nSPS) is 11.4. The molecule has 0 aliphatic heterocycles. The average Bonchev–Trinajstić information content (AvgIpc) is 2.37. The fraction of sp³-hybridized carbons (Fsp3) is 0.500. The molecule has 0 aliphatic rings. The summed E-state index contributed by atoms with van der Waals surface area (Å²) >= 11 is 0. The Morgan fingerprint density at radius 1 is 1.25 bits per heavy atom. The van der Waals surface area contributed by atoms with Crippen LogP contribution in [-0.4, -0.2) is 17.6 Å². The Labute approximate surface area is 115 Å². The Morgan fingerprint density at radius 3 is 2.50 bits per heavy atom. The number of hydrogen-bond donors (Lipinski definition) is 2. The molecule has 0 aliphatic carbocycles. The summed E-state index contributed by atoms with van der Waals surface area (Å²) in [6.07, 6.45) is -0.508. The maximum Gasteiger partial charge on any atom is 0.416 e. The SMILES string of the molecule is CCCCCCNc1ccc(C(F)(F)F)cc1C(=O)O. The van der Waals surface area contributed by atoms with E-state index in [9.17, 15) is 18.0 Å². The topological polar surface area (TPSA) is 49.3 Å². The zero-order chi connectivity index (χ0) is 15.2. The first-order valence-corrected chi connectivity index (χ1v) is 6.54. The minimum Gasteiger partial charge on any atom is -0.478 e. The molecule has 0 saturated heterocycles. The van der Waals surface area contributed by atoms with E-state index >= 15 is 0 Å². The van der Waals surface area contributed by atoms with Crippen molar-refractivity contribution in [2.75, 3.05) is 11.9 Å². The summed E-state index contributed by atoms with van der Waals surface area (Å²) in [5.74, 6) is -1.37. The molecule has 0 aromatic heterocycles. The first kappa shape index (κ1) is 16.3. The smallest absolute Gasteiger partial charge is 0.416 e. The standard InChI is InChI=1S/C14H18F3NO2/c1-2-3-4-5-8-18-12-7-6-10(14(15,16)17)9-11(12)13(19)20/h6-7,9,18H,2-5,8H2,1H3,(H,19,20). The van der Waals surface area contributed by atoms with Gasteiger partial charge >= 0.3 is 12.1 Å². The molecular weight excluding hydrogens is 271 g/mol. The van der Waals surface area contributed by atoms with Crippen molar-refractivity contribution in [3.63, 3.8) is 0 Å². The second-order valence-electron chi connectivity index (χ2n) is 4.55. The number of nitrogens with one attached hydrogen (secondary N) is 1. The number of rotatable bonds is 7. The van der Waals surface area contributed by atoms with Gasteiger partial charge in [-0.05, 0) is 24.6 Å². The maximum atomic E-state index is 12.5. The molecule has 0 spiro atoms. The summed E-state index contributed by atoms with van der Waals surface area (Å²) in [7, 11) is 0. The predicted molar refractivity (Wildman–Crippen MR) is 71.0 cm³/mol. The van der Waals surface area contributed by atoms with Crippen molar-refractivity contribution in [1.29, 1.82) is 0 Å². The Balaban J connectivity index is 2.78. The third-order valence-electron chi connectivity index (χ3n) is 2.92. The molecule has 0 radical (unpaired) electrons. The van der Waals surface area contributed by atoms with Crippen molar-refractivity contribution >= 4 is 11.7 Å². The molecule has 1 aromatic carbocycles. The van der Waals surface area contributed by atoms with Crippen molar-refractivity contribution in [2.45, 2.75) is 38.8 Å². The molecule has 1 aromatic rings. The third kappa shape index (κ3) is 4.75. The number of aromatic carboxylic acids is 1. The van der Waals surface area contributed by atoms with Gasteiger partial charge in [0, 0.05) is 12.2 Å². The van der Waals surface area contributed by atoms with Gasteiger partial charge in [-0.15, -0.1) is 0 Å². The Kier molecular flexibility index (Phi) is 5.85. The van der Waals surface area contributed by atoms with Crippen molar-refractivity contribution < 1.29 is 23.1 Å². The number of halogens is 3. The second kappa shape index (κ2) is 7.17. The van der Waals surface area contributed by atoms with Gasteiger partial charge < -0.3 is 10.4 Å². The van der Waals surface area contributed by atoms with Crippen LogP contribution in [0.15, 0.2) is 18.2 Å². The van der Waals surface area contributed by atoms with E-state index in [4.69, 9.17) is 5.11 Å². The predicted octanol–water partition coefficient (Wildman–Crippen LogP) is 4.40. The first-order chi connectivity index (χ1) is 9.36. The summed E-state index contributed by atoms with van der Waals surface area (Å²) in [6.45, 7) is 2.62. The number of alkyl halides is 3. The van der Waals surface area contributed by atoms with Crippen LogP contribution in [0.4, 0.5) is 18.9 Å². The zero-order valence-electron chi connectivity index (χ0n) is 11.3. The van der Waals surface area contributed by atoms with Gasteiger partial charge in [0.15, 0.2) is 0 Å². The van der Waals surface area contributed by atoms with Gasteiger partial charge in [0.2, 0.25) is 0 Å². The van der Waals surface area contributed by atoms with E-state index in [0.29, 0.717) is 12.6 Å². The molecule has 0 amide bonds. The molecule has 2 N–H and O–H groups in total. The highest BCUT2D eigenvalue weighted by molar-refractivity contribution is 5.94. The number of unbranched alkanes of at least 4 members (excludes halogenated alkanes) is 3. The lowest BCUT2D eigenvalue weighted by Gasteiger charge is -2.12. The molecule has 3 nitrogen and oxygen atoms in total. The molecular formula is C14H18F3NO2. The first-order valence-electron chi connectivity index (χ1n) is 6.54. The van der Waals surface area contributed by atoms with E-state index in [1.54, 1.807) is 0 Å². The molecule has 0 unspecified atom stereocenters. The minimum absolute atomic E-state index is 0.224. The summed E-state index contributed by atoms with van der Waals surface area (Å²) < 4.78 is 37.6. The van der Waals surface area contributed by atoms with Gasteiger partial charge in [0.25, 0.3) is 0 Å². The van der Waals surface area contributed by atoms with Crippen molar-refractivity contribution in [1.82, 2.24) is 0 Å². The van der Waals surface area contributed by atoms with Gasteiger partial charge in [-0.3, -0.25) is 0 Å². The summed E-state index contributed by atoms with van der Waals surface area (Å²) in [4.78, 5) is 11.0. The molecule has 112 valence electrons. The zero-order valence-corrected chi connectivity index (χ0v) is 11.3. The van der Waals surface area contributed by atoms with Gasteiger partial charge in [0.05, 0.1) is 11.1 Å². The van der Waals surface area contributed by atoms with Crippen molar-refractivity contribution in [2.24, 2.45) is 0 Å². The monoisotopic (exact) mass is 289 g/mol. The minimum atomic E-state index is -4.54. The van der Waals surface area contributed by atoms with Gasteiger partial charge in [0.1, 0.15) is 0 Å². The molecule has 0 fully saturated rings. The Bertz CT molecular complexity index is 458. The lowest BCUT2D eigenvalue weighted by molar-refractivity contribution is -0.137. The number of carboxylic acid groups (broad SMARTS) is 1. The highest BCUT2D eigenvalue weighted by Crippen LogP contribution is 2.31. The van der Waals surface area contributed by atoms with E-state index in [-0.39, 0.29) is 11.3 Å². The van der Waals surface area contributed by atoms with Gasteiger partial charge in [-0.25, -0.2) is 4.79 Å². The number of hydrogen-bond acceptors (Lipinski definition) is 2. The largest absolute Gasteiger partial charge is 0.478 e. The fourth-order valence-corrected chi connectivity index (χ4v) is 1.83. The van der Waals surface area contributed by atoms with Crippen LogP contribution in [0.2, 0.25) is 0 Å². The molecule has 1 rings (SSSR count). The fourth-order valence-electron chi connectivity index (χ4n) is 1.83. The van der Waals surface area contributed by atoms with Crippen molar-refractivity contribution in [3.8, 4) is 0 Å². The molecule has 6 heteroatoms. The Morgan fingerprint density at radius 2 is 1.95 bits per heavy atom. The highest BCUT2D eigenvalue weighted by atomic mass is 19.4. The maximum absolute atomic E-state index is 12.5. The quantitative estimate of drug-likeness (QED) is 0.732. The van der Waals surface area contributed by atoms with Crippen LogP contribution in [0.25, 0.3) is 0 Å². The van der Waals surface area contributed by atoms with Crippen LogP contribution in [0, 0.1) is 0 Å². The Hall–Kier alpha value is -1.72. The summed E-state index contributed by atoms with van der Waals surface area (Å²) in [5, 5.41) is 11.9. The van der Waals surface area contributed by atoms with Crippen LogP contribution in [-0.2, 0) is 6.18 Å². The van der Waals surface area contributed by atoms with E-state index in [1.165, 1.54) is 6.07 Å². The lowest BCUT2D eigenvalue weighted by atomic mass is 10.1. The van der Waals surface area contributed by atoms with E-state index in [2.05, 4.69) is 12.2 Å². The molecule has 0 atom stereocenters. The van der Waals surface area contributed by atoms with E-state index < -0.39 is 17.7 Å². The van der Waals surface area contributed by atoms with Gasteiger partial charge in [-0.2, -0.15) is 13.2 Å². The van der Waals surface area contributed by atoms with Crippen LogP contribution in [0.1, 0.15) is 48.5 Å². The van der Waals surface area contributed by atoms with Crippen LogP contribution in [0.3, 0.4) is 0 Å². The number of carboxylic acids is 1. The molecule has 0 bridgehead atoms. The second-order valence-corrected chi connectivity index (χ2v) is 4.55. The lowest BCUT2D eigenvalue weighted by Crippen LogP contribution is -2.11. The molecule has 20 heavy (non-hydrogen) atoms. The molecule has 0 heterocycles. The number of benzene rings is 1. The van der Waals surface area contributed by atoms with Gasteiger partial charge in [-0.1, -0.05) is 26.2 Å². The third-order valence-corrected chi connectivity index (χ3v) is 2.92. The molecule has 0 saturated carbocycles. The van der Waals surface area contributed by atoms with Crippen LogP contribution < -0.4 is 5.32 Å². The average molecular weight is 289 g/mol. The number of carbonyl (C=O) groups is 1. The highest BCUT2D eigenvalue weighted by Gasteiger charge is 2.31.